The topological polar surface area (TPSA) is 63.1 Å². The molecule has 1 aliphatic heterocycles. The van der Waals surface area contributed by atoms with Crippen LogP contribution in [0.2, 0.25) is 0 Å². The number of nitrogens with one attached hydrogen (secondary N) is 2. The normalized spacial score (nSPS) is 15.7. The molecule has 2 N–H and O–H groups in total. The third kappa shape index (κ3) is 3.61. The zero-order chi connectivity index (χ0) is 18.0. The van der Waals surface area contributed by atoms with Gasteiger partial charge in [-0.15, -0.1) is 0 Å². The van der Waals surface area contributed by atoms with Gasteiger partial charge in [0.2, 0.25) is 0 Å². The number of rotatable bonds is 4. The van der Waals surface area contributed by atoms with Gasteiger partial charge in [0.1, 0.15) is 5.56 Å². The Morgan fingerprint density at radius 1 is 1.32 bits per heavy atom. The summed E-state index contributed by atoms with van der Waals surface area (Å²) in [5.74, 6) is 0.225. The maximum absolute atomic E-state index is 12.9. The van der Waals surface area contributed by atoms with Gasteiger partial charge in [0.05, 0.1) is 5.52 Å². The minimum Gasteiger partial charge on any atom is -0.352 e. The lowest BCUT2D eigenvalue weighted by Crippen LogP contribution is -2.38. The van der Waals surface area contributed by atoms with Crippen molar-refractivity contribution in [3.8, 4) is 0 Å². The van der Waals surface area contributed by atoms with E-state index in [1.54, 1.807) is 10.6 Å². The fourth-order valence-electron chi connectivity index (χ4n) is 3.60. The molecule has 5 nitrogen and oxygen atoms in total. The summed E-state index contributed by atoms with van der Waals surface area (Å²) in [5, 5.41) is 7.26. The van der Waals surface area contributed by atoms with E-state index < -0.39 is 0 Å². The van der Waals surface area contributed by atoms with E-state index in [1.165, 1.54) is 0 Å². The van der Waals surface area contributed by atoms with Crippen LogP contribution in [-0.2, 0) is 0 Å². The van der Waals surface area contributed by atoms with Crippen LogP contribution in [0.4, 0.5) is 0 Å². The highest BCUT2D eigenvalue weighted by molar-refractivity contribution is 5.98. The SMILES string of the molecule is Cc1cccc2c1cc(C(=O)NCC1CCNCC1)c(=O)n2C(C)C. The van der Waals surface area contributed by atoms with Crippen LogP contribution in [0.1, 0.15) is 48.7 Å². The number of hydrogen-bond donors (Lipinski definition) is 2. The Kier molecular flexibility index (Phi) is 5.23. The van der Waals surface area contributed by atoms with Gasteiger partial charge in [0.25, 0.3) is 11.5 Å². The zero-order valence-electron chi connectivity index (χ0n) is 15.3. The van der Waals surface area contributed by atoms with Crippen molar-refractivity contribution in [1.29, 1.82) is 0 Å². The number of piperidine rings is 1. The number of aromatic nitrogens is 1. The third-order valence-electron chi connectivity index (χ3n) is 5.07. The maximum Gasteiger partial charge on any atom is 0.264 e. The van der Waals surface area contributed by atoms with Crippen molar-refractivity contribution >= 4 is 16.8 Å². The van der Waals surface area contributed by atoms with E-state index in [0.717, 1.165) is 42.4 Å². The van der Waals surface area contributed by atoms with Crippen LogP contribution in [-0.4, -0.2) is 30.1 Å². The summed E-state index contributed by atoms with van der Waals surface area (Å²) in [4.78, 5) is 25.6. The number of carbonyl (C=O) groups excluding carboxylic acids is 1. The highest BCUT2D eigenvalue weighted by atomic mass is 16.2. The van der Waals surface area contributed by atoms with E-state index in [2.05, 4.69) is 10.6 Å². The lowest BCUT2D eigenvalue weighted by atomic mass is 9.98. The number of nitrogens with zero attached hydrogens (tertiary/aromatic N) is 1. The van der Waals surface area contributed by atoms with Crippen molar-refractivity contribution in [3.05, 3.63) is 45.7 Å². The second kappa shape index (κ2) is 7.40. The molecule has 2 heterocycles. The molecule has 0 saturated carbocycles. The Hall–Kier alpha value is -2.14. The molecule has 5 heteroatoms. The van der Waals surface area contributed by atoms with E-state index in [9.17, 15) is 9.59 Å². The Morgan fingerprint density at radius 3 is 2.72 bits per heavy atom. The molecule has 25 heavy (non-hydrogen) atoms. The van der Waals surface area contributed by atoms with Gasteiger partial charge >= 0.3 is 0 Å². The number of hydrogen-bond acceptors (Lipinski definition) is 3. The fourth-order valence-corrected chi connectivity index (χ4v) is 3.60. The summed E-state index contributed by atoms with van der Waals surface area (Å²) in [7, 11) is 0. The number of carbonyl (C=O) groups is 1. The summed E-state index contributed by atoms with van der Waals surface area (Å²) >= 11 is 0. The van der Waals surface area contributed by atoms with Gasteiger partial charge in [0, 0.05) is 18.0 Å². The number of fused-ring (bicyclic) bond motifs is 1. The number of pyridine rings is 1. The maximum atomic E-state index is 12.9. The van der Waals surface area contributed by atoms with Crippen LogP contribution < -0.4 is 16.2 Å². The van der Waals surface area contributed by atoms with Gasteiger partial charge in [-0.1, -0.05) is 12.1 Å². The molecule has 0 unspecified atom stereocenters. The summed E-state index contributed by atoms with van der Waals surface area (Å²) in [6.45, 7) is 8.58. The van der Waals surface area contributed by atoms with Crippen LogP contribution >= 0.6 is 0 Å². The van der Waals surface area contributed by atoms with Gasteiger partial charge < -0.3 is 15.2 Å². The highest BCUT2D eigenvalue weighted by Crippen LogP contribution is 2.21. The predicted molar refractivity (Wildman–Crippen MR) is 101 cm³/mol. The van der Waals surface area contributed by atoms with E-state index in [4.69, 9.17) is 0 Å². The minimum atomic E-state index is -0.261. The smallest absolute Gasteiger partial charge is 0.264 e. The molecule has 1 aromatic heterocycles. The van der Waals surface area contributed by atoms with Gasteiger partial charge in [-0.2, -0.15) is 0 Å². The Bertz CT molecular complexity index is 833. The van der Waals surface area contributed by atoms with Gasteiger partial charge in [-0.25, -0.2) is 0 Å². The molecule has 1 saturated heterocycles. The van der Waals surface area contributed by atoms with Crippen LogP contribution in [0, 0.1) is 12.8 Å². The molecule has 1 amide bonds. The Morgan fingerprint density at radius 2 is 2.04 bits per heavy atom. The van der Waals surface area contributed by atoms with Crippen LogP contribution in [0.25, 0.3) is 10.9 Å². The molecular formula is C20H27N3O2. The lowest BCUT2D eigenvalue weighted by Gasteiger charge is -2.23. The third-order valence-corrected chi connectivity index (χ3v) is 5.07. The van der Waals surface area contributed by atoms with Gasteiger partial charge in [0.15, 0.2) is 0 Å². The van der Waals surface area contributed by atoms with Crippen molar-refractivity contribution in [1.82, 2.24) is 15.2 Å². The molecule has 0 bridgehead atoms. The molecule has 0 spiro atoms. The first kappa shape index (κ1) is 17.7. The number of benzene rings is 1. The van der Waals surface area contributed by atoms with Crippen molar-refractivity contribution in [2.24, 2.45) is 5.92 Å². The number of amides is 1. The first-order valence-electron chi connectivity index (χ1n) is 9.13. The minimum absolute atomic E-state index is 0.00558. The molecule has 0 aliphatic carbocycles. The van der Waals surface area contributed by atoms with E-state index in [1.807, 2.05) is 39.0 Å². The van der Waals surface area contributed by atoms with Crippen LogP contribution in [0.15, 0.2) is 29.1 Å². The zero-order valence-corrected chi connectivity index (χ0v) is 15.3. The van der Waals surface area contributed by atoms with E-state index in [-0.39, 0.29) is 23.1 Å². The monoisotopic (exact) mass is 341 g/mol. The summed E-state index contributed by atoms with van der Waals surface area (Å²) in [6.07, 6.45) is 2.13. The second-order valence-electron chi connectivity index (χ2n) is 7.24. The van der Waals surface area contributed by atoms with Crippen LogP contribution in [0.3, 0.4) is 0 Å². The molecule has 1 aliphatic rings. The molecule has 1 fully saturated rings. The highest BCUT2D eigenvalue weighted by Gasteiger charge is 2.19. The standard InChI is InChI=1S/C20H27N3O2/c1-13(2)23-18-6-4-5-14(3)16(18)11-17(20(23)25)19(24)22-12-15-7-9-21-10-8-15/h4-6,11,13,15,21H,7-10,12H2,1-3H3,(H,22,24). The van der Waals surface area contributed by atoms with E-state index >= 15 is 0 Å². The Labute approximate surface area is 148 Å². The summed E-state index contributed by atoms with van der Waals surface area (Å²) < 4.78 is 1.72. The summed E-state index contributed by atoms with van der Waals surface area (Å²) in [6, 6.07) is 7.65. The molecule has 2 aromatic rings. The van der Waals surface area contributed by atoms with E-state index in [0.29, 0.717) is 12.5 Å². The van der Waals surface area contributed by atoms with Crippen molar-refractivity contribution < 1.29 is 4.79 Å². The quantitative estimate of drug-likeness (QED) is 0.898. The van der Waals surface area contributed by atoms with Crippen molar-refractivity contribution in [2.45, 2.75) is 39.7 Å². The fraction of sp³-hybridized carbons (Fsp3) is 0.500. The van der Waals surface area contributed by atoms with Crippen molar-refractivity contribution in [2.75, 3.05) is 19.6 Å². The molecule has 134 valence electrons. The second-order valence-corrected chi connectivity index (χ2v) is 7.24. The van der Waals surface area contributed by atoms with Gasteiger partial charge in [-0.3, -0.25) is 9.59 Å². The first-order chi connectivity index (χ1) is 12.0. The first-order valence-corrected chi connectivity index (χ1v) is 9.13. The van der Waals surface area contributed by atoms with Crippen molar-refractivity contribution in [3.63, 3.8) is 0 Å². The predicted octanol–water partition coefficient (Wildman–Crippen LogP) is 2.62. The molecule has 3 rings (SSSR count). The number of aryl methyl sites for hydroxylation is 1. The molecule has 1 aromatic carbocycles. The summed E-state index contributed by atoms with van der Waals surface area (Å²) in [5.41, 5.74) is 1.98. The Balaban J connectivity index is 1.95. The van der Waals surface area contributed by atoms with Crippen LogP contribution in [0.5, 0.6) is 0 Å². The molecule has 0 radical (unpaired) electrons. The lowest BCUT2D eigenvalue weighted by molar-refractivity contribution is 0.0942. The molecule has 0 atom stereocenters. The molecular weight excluding hydrogens is 314 g/mol. The average Bonchev–Trinajstić information content (AvgIpc) is 2.60. The largest absolute Gasteiger partial charge is 0.352 e. The average molecular weight is 341 g/mol. The van der Waals surface area contributed by atoms with Gasteiger partial charge in [-0.05, 0) is 70.3 Å².